The van der Waals surface area contributed by atoms with Crippen molar-refractivity contribution in [3.8, 4) is 0 Å². The molecule has 0 radical (unpaired) electrons. The molecule has 0 saturated carbocycles. The van der Waals surface area contributed by atoms with E-state index in [2.05, 4.69) is 10.0 Å². The molecule has 1 aromatic carbocycles. The van der Waals surface area contributed by atoms with Gasteiger partial charge in [0, 0.05) is 25.7 Å². The van der Waals surface area contributed by atoms with Crippen LogP contribution in [0.25, 0.3) is 0 Å². The molecule has 110 valence electrons. The third kappa shape index (κ3) is 3.93. The summed E-state index contributed by atoms with van der Waals surface area (Å²) in [4.78, 5) is 21.6. The van der Waals surface area contributed by atoms with Crippen LogP contribution >= 0.6 is 0 Å². The van der Waals surface area contributed by atoms with E-state index in [0.717, 1.165) is 12.1 Å². The van der Waals surface area contributed by atoms with Gasteiger partial charge < -0.3 is 16.2 Å². The van der Waals surface area contributed by atoms with Gasteiger partial charge in [0.1, 0.15) is 0 Å². The minimum atomic E-state index is -4.05. The summed E-state index contributed by atoms with van der Waals surface area (Å²) < 4.78 is 26.2. The molecule has 0 aromatic heterocycles. The molecular weight excluding hydrogens is 286 g/mol. The molecule has 1 rings (SSSR count). The lowest BCUT2D eigenvalue weighted by Crippen LogP contribution is -2.30. The molecule has 0 fully saturated rings. The Hall–Kier alpha value is -2.13. The lowest BCUT2D eigenvalue weighted by atomic mass is 10.2. The van der Waals surface area contributed by atoms with Gasteiger partial charge in [-0.3, -0.25) is 4.79 Å². The molecule has 0 aliphatic heterocycles. The number of amides is 1. The van der Waals surface area contributed by atoms with Gasteiger partial charge in [-0.1, -0.05) is 0 Å². The van der Waals surface area contributed by atoms with Gasteiger partial charge in [0.2, 0.25) is 15.9 Å². The fraction of sp³-hybridized carbons (Fsp3) is 0.273. The average molecular weight is 301 g/mol. The quantitative estimate of drug-likeness (QED) is 0.517. The van der Waals surface area contributed by atoms with Crippen molar-refractivity contribution in [1.82, 2.24) is 10.0 Å². The highest BCUT2D eigenvalue weighted by Crippen LogP contribution is 2.19. The zero-order chi connectivity index (χ0) is 15.3. The fourth-order valence-corrected chi connectivity index (χ4v) is 2.70. The van der Waals surface area contributed by atoms with E-state index in [1.54, 1.807) is 0 Å². The van der Waals surface area contributed by atoms with Crippen LogP contribution in [0.4, 0.5) is 5.69 Å². The van der Waals surface area contributed by atoms with Gasteiger partial charge in [-0.15, -0.1) is 0 Å². The third-order valence-corrected chi connectivity index (χ3v) is 3.95. The molecule has 1 amide bonds. The minimum Gasteiger partial charge on any atom is -0.478 e. The van der Waals surface area contributed by atoms with Crippen molar-refractivity contribution in [3.05, 3.63) is 23.8 Å². The van der Waals surface area contributed by atoms with E-state index in [9.17, 15) is 18.0 Å². The highest BCUT2D eigenvalue weighted by molar-refractivity contribution is 7.89. The van der Waals surface area contributed by atoms with Gasteiger partial charge in [0.05, 0.1) is 10.5 Å². The third-order valence-electron chi connectivity index (χ3n) is 2.45. The highest BCUT2D eigenvalue weighted by atomic mass is 32.2. The Morgan fingerprint density at radius 3 is 2.55 bits per heavy atom. The number of carboxylic acids is 1. The van der Waals surface area contributed by atoms with E-state index in [1.165, 1.54) is 13.1 Å². The van der Waals surface area contributed by atoms with Gasteiger partial charge in [0.15, 0.2) is 0 Å². The number of carbonyl (C=O) groups is 2. The number of nitrogens with two attached hydrogens (primary N) is 1. The molecule has 0 aliphatic carbocycles. The molecule has 0 unspecified atom stereocenters. The molecule has 9 heteroatoms. The molecule has 0 aliphatic rings. The molecule has 0 saturated heterocycles. The van der Waals surface area contributed by atoms with Crippen molar-refractivity contribution in [1.29, 1.82) is 0 Å². The van der Waals surface area contributed by atoms with Gasteiger partial charge in [-0.05, 0) is 18.2 Å². The Kier molecular flexibility index (Phi) is 5.06. The van der Waals surface area contributed by atoms with Crippen molar-refractivity contribution in [3.63, 3.8) is 0 Å². The van der Waals surface area contributed by atoms with Crippen molar-refractivity contribution in [2.75, 3.05) is 19.3 Å². The molecule has 8 nitrogen and oxygen atoms in total. The Labute approximate surface area is 116 Å². The summed E-state index contributed by atoms with van der Waals surface area (Å²) >= 11 is 0. The first-order valence-electron chi connectivity index (χ1n) is 5.61. The SMILES string of the molecule is CNC(=O)CCNS(=O)(=O)c1cc(N)ccc1C(=O)O. The van der Waals surface area contributed by atoms with Crippen molar-refractivity contribution in [2.24, 2.45) is 0 Å². The molecular formula is C11H15N3O5S. The Morgan fingerprint density at radius 2 is 2.00 bits per heavy atom. The number of benzene rings is 1. The number of carbonyl (C=O) groups excluding carboxylic acids is 1. The normalized spacial score (nSPS) is 11.1. The summed E-state index contributed by atoms with van der Waals surface area (Å²) in [5.41, 5.74) is 5.22. The maximum atomic E-state index is 12.0. The number of anilines is 1. The number of rotatable bonds is 6. The number of nitrogen functional groups attached to an aromatic ring is 1. The van der Waals surface area contributed by atoms with Crippen LogP contribution in [0.1, 0.15) is 16.8 Å². The summed E-state index contributed by atoms with van der Waals surface area (Å²) in [7, 11) is -2.63. The molecule has 0 spiro atoms. The largest absolute Gasteiger partial charge is 0.478 e. The highest BCUT2D eigenvalue weighted by Gasteiger charge is 2.22. The summed E-state index contributed by atoms with van der Waals surface area (Å²) in [5, 5.41) is 11.3. The predicted octanol–water partition coefficient (Wildman–Crippen LogP) is -0.619. The number of hydrogen-bond acceptors (Lipinski definition) is 5. The number of nitrogens with one attached hydrogen (secondary N) is 2. The van der Waals surface area contributed by atoms with Gasteiger partial charge in [-0.25, -0.2) is 17.9 Å². The predicted molar refractivity (Wildman–Crippen MR) is 71.7 cm³/mol. The molecule has 20 heavy (non-hydrogen) atoms. The first kappa shape index (κ1) is 15.9. The van der Waals surface area contributed by atoms with Crippen LogP contribution in [0.5, 0.6) is 0 Å². The van der Waals surface area contributed by atoms with Crippen LogP contribution in [0, 0.1) is 0 Å². The molecule has 0 heterocycles. The van der Waals surface area contributed by atoms with E-state index in [-0.39, 0.29) is 30.1 Å². The van der Waals surface area contributed by atoms with Crippen LogP contribution < -0.4 is 15.8 Å². The smallest absolute Gasteiger partial charge is 0.337 e. The number of aromatic carboxylic acids is 1. The Bertz CT molecular complexity index is 627. The maximum Gasteiger partial charge on any atom is 0.337 e. The van der Waals surface area contributed by atoms with Crippen LogP contribution in [0.2, 0.25) is 0 Å². The number of carboxylic acid groups (broad SMARTS) is 1. The topological polar surface area (TPSA) is 139 Å². The lowest BCUT2D eigenvalue weighted by Gasteiger charge is -2.09. The fourth-order valence-electron chi connectivity index (χ4n) is 1.44. The van der Waals surface area contributed by atoms with Crippen LogP contribution in [0.3, 0.4) is 0 Å². The second kappa shape index (κ2) is 6.35. The molecule has 1 aromatic rings. The van der Waals surface area contributed by atoms with Crippen LogP contribution in [0.15, 0.2) is 23.1 Å². The molecule has 0 bridgehead atoms. The summed E-state index contributed by atoms with van der Waals surface area (Å²) in [5.74, 6) is -1.71. The lowest BCUT2D eigenvalue weighted by molar-refractivity contribution is -0.120. The van der Waals surface area contributed by atoms with Crippen molar-refractivity contribution in [2.45, 2.75) is 11.3 Å². The summed E-state index contributed by atoms with van der Waals surface area (Å²) in [6.45, 7) is -0.143. The summed E-state index contributed by atoms with van der Waals surface area (Å²) in [6.07, 6.45) is -0.0551. The number of sulfonamides is 1. The number of hydrogen-bond donors (Lipinski definition) is 4. The summed E-state index contributed by atoms with van der Waals surface area (Å²) in [6, 6.07) is 3.48. The van der Waals surface area contributed by atoms with Gasteiger partial charge in [-0.2, -0.15) is 0 Å². The first-order valence-corrected chi connectivity index (χ1v) is 7.09. The molecule has 5 N–H and O–H groups in total. The van der Waals surface area contributed by atoms with E-state index < -0.39 is 20.9 Å². The van der Waals surface area contributed by atoms with Gasteiger partial charge in [0.25, 0.3) is 0 Å². The van der Waals surface area contributed by atoms with Crippen molar-refractivity contribution >= 4 is 27.6 Å². The monoisotopic (exact) mass is 301 g/mol. The Morgan fingerprint density at radius 1 is 1.35 bits per heavy atom. The average Bonchev–Trinajstić information content (AvgIpc) is 2.37. The van der Waals surface area contributed by atoms with Crippen LogP contribution in [-0.2, 0) is 14.8 Å². The zero-order valence-electron chi connectivity index (χ0n) is 10.7. The second-order valence-corrected chi connectivity index (χ2v) is 5.62. The second-order valence-electron chi connectivity index (χ2n) is 3.88. The Balaban J connectivity index is 3.00. The van der Waals surface area contributed by atoms with Crippen LogP contribution in [-0.4, -0.2) is 39.0 Å². The zero-order valence-corrected chi connectivity index (χ0v) is 11.5. The standard InChI is InChI=1S/C11H15N3O5S/c1-13-10(15)4-5-14-20(18,19)9-6-7(12)2-3-8(9)11(16)17/h2-3,6,14H,4-5,12H2,1H3,(H,13,15)(H,16,17). The van der Waals surface area contributed by atoms with E-state index in [0.29, 0.717) is 0 Å². The van der Waals surface area contributed by atoms with E-state index in [4.69, 9.17) is 10.8 Å². The van der Waals surface area contributed by atoms with Crippen molar-refractivity contribution < 1.29 is 23.1 Å². The first-order chi connectivity index (χ1) is 9.27. The van der Waals surface area contributed by atoms with E-state index >= 15 is 0 Å². The van der Waals surface area contributed by atoms with Gasteiger partial charge >= 0.3 is 5.97 Å². The minimum absolute atomic E-state index is 0.0551. The van der Waals surface area contributed by atoms with E-state index in [1.807, 2.05) is 0 Å². The maximum absolute atomic E-state index is 12.0. The molecule has 0 atom stereocenters.